The van der Waals surface area contributed by atoms with Crippen LogP contribution in [0.15, 0.2) is 41.3 Å². The SMILES string of the molecule is CNCCOCCOCCOCCNC(=O)C(O)C(O)C(=O)CCCOCCOCCOCCCS(=O)(=O)c1ccc(C2CN(C)Cc3c(Cl)cc(Cl)cc32)cc1. The van der Waals surface area contributed by atoms with Gasteiger partial charge in [-0.3, -0.25) is 9.59 Å². The van der Waals surface area contributed by atoms with Gasteiger partial charge in [-0.2, -0.15) is 0 Å². The number of fused-ring (bicyclic) bond motifs is 1. The lowest BCUT2D eigenvalue weighted by Gasteiger charge is -2.33. The van der Waals surface area contributed by atoms with E-state index in [2.05, 4.69) is 15.5 Å². The first-order chi connectivity index (χ1) is 27.4. The fraction of sp³-hybridized carbons (Fsp3) is 0.641. The van der Waals surface area contributed by atoms with Crippen LogP contribution in [-0.2, 0) is 54.4 Å². The number of carbonyl (C=O) groups is 2. The van der Waals surface area contributed by atoms with Crippen molar-refractivity contribution in [1.29, 1.82) is 0 Å². The van der Waals surface area contributed by atoms with Gasteiger partial charge in [0.05, 0.1) is 76.7 Å². The maximum Gasteiger partial charge on any atom is 0.252 e. The second-order valence-electron chi connectivity index (χ2n) is 13.5. The summed E-state index contributed by atoms with van der Waals surface area (Å²) in [4.78, 5) is 26.8. The highest BCUT2D eigenvalue weighted by atomic mass is 35.5. The number of halogens is 2. The highest BCUT2D eigenvalue weighted by molar-refractivity contribution is 7.91. The Hall–Kier alpha value is -2.29. The number of aliphatic hydroxyl groups excluding tert-OH is 2. The number of carbonyl (C=O) groups excluding carboxylic acids is 2. The quantitative estimate of drug-likeness (QED) is 0.0808. The lowest BCUT2D eigenvalue weighted by atomic mass is 9.85. The van der Waals surface area contributed by atoms with E-state index in [0.29, 0.717) is 62.7 Å². The van der Waals surface area contributed by atoms with Crippen LogP contribution in [0.5, 0.6) is 0 Å². The first-order valence-electron chi connectivity index (χ1n) is 19.2. The van der Waals surface area contributed by atoms with E-state index in [1.807, 2.05) is 32.3 Å². The topological polar surface area (TPSA) is 191 Å². The Balaban J connectivity index is 1.16. The molecule has 322 valence electrons. The Morgan fingerprint density at radius 1 is 0.789 bits per heavy atom. The average molecular weight is 865 g/mol. The summed E-state index contributed by atoms with van der Waals surface area (Å²) in [7, 11) is 0.382. The van der Waals surface area contributed by atoms with Gasteiger partial charge in [-0.15, -0.1) is 0 Å². The molecule has 18 heteroatoms. The number of nitrogens with one attached hydrogen (secondary N) is 2. The van der Waals surface area contributed by atoms with Crippen LogP contribution in [0, 0.1) is 0 Å². The number of ether oxygens (including phenoxy) is 6. The second-order valence-corrected chi connectivity index (χ2v) is 16.4. The monoisotopic (exact) mass is 863 g/mol. The van der Waals surface area contributed by atoms with E-state index in [1.54, 1.807) is 18.2 Å². The van der Waals surface area contributed by atoms with E-state index in [-0.39, 0.29) is 69.0 Å². The minimum Gasteiger partial charge on any atom is -0.382 e. The summed E-state index contributed by atoms with van der Waals surface area (Å²) >= 11 is 12.8. The van der Waals surface area contributed by atoms with Crippen molar-refractivity contribution in [2.24, 2.45) is 0 Å². The first kappa shape index (κ1) is 49.1. The van der Waals surface area contributed by atoms with Crippen molar-refractivity contribution < 1.29 is 56.6 Å². The molecule has 2 aromatic rings. The minimum absolute atomic E-state index is 0.0210. The zero-order valence-corrected chi connectivity index (χ0v) is 35.3. The van der Waals surface area contributed by atoms with Crippen LogP contribution in [0.3, 0.4) is 0 Å². The molecule has 0 aromatic heterocycles. The van der Waals surface area contributed by atoms with Gasteiger partial charge in [-0.05, 0) is 67.9 Å². The molecule has 0 saturated carbocycles. The van der Waals surface area contributed by atoms with Crippen LogP contribution in [0.25, 0.3) is 0 Å². The number of Topliss-reactive ketones (excluding diaryl/α,β-unsaturated/α-hetero) is 1. The van der Waals surface area contributed by atoms with Crippen LogP contribution >= 0.6 is 23.2 Å². The first-order valence-corrected chi connectivity index (χ1v) is 21.6. The second kappa shape index (κ2) is 27.5. The van der Waals surface area contributed by atoms with Crippen molar-refractivity contribution in [3.05, 3.63) is 63.1 Å². The van der Waals surface area contributed by atoms with Crippen molar-refractivity contribution in [3.63, 3.8) is 0 Å². The summed E-state index contributed by atoms with van der Waals surface area (Å²) in [6, 6.07) is 10.7. The zero-order valence-electron chi connectivity index (χ0n) is 32.9. The molecule has 1 amide bonds. The molecule has 3 rings (SSSR count). The van der Waals surface area contributed by atoms with Crippen LogP contribution in [0.4, 0.5) is 0 Å². The smallest absolute Gasteiger partial charge is 0.252 e. The van der Waals surface area contributed by atoms with Gasteiger partial charge in [-0.25, -0.2) is 8.42 Å². The molecule has 4 N–H and O–H groups in total. The predicted molar refractivity (Wildman–Crippen MR) is 216 cm³/mol. The molecule has 0 spiro atoms. The Morgan fingerprint density at radius 2 is 1.33 bits per heavy atom. The van der Waals surface area contributed by atoms with Crippen LogP contribution in [-0.4, -0.2) is 166 Å². The zero-order chi connectivity index (χ0) is 41.5. The van der Waals surface area contributed by atoms with E-state index in [0.717, 1.165) is 36.3 Å². The minimum atomic E-state index is -3.49. The summed E-state index contributed by atoms with van der Waals surface area (Å²) in [5.74, 6) is -1.57. The lowest BCUT2D eigenvalue weighted by Crippen LogP contribution is -2.46. The normalized spacial score (nSPS) is 15.6. The number of nitrogens with zero attached hydrogens (tertiary/aromatic N) is 1. The van der Waals surface area contributed by atoms with Gasteiger partial charge >= 0.3 is 0 Å². The van der Waals surface area contributed by atoms with Crippen LogP contribution < -0.4 is 10.6 Å². The van der Waals surface area contributed by atoms with E-state index in [9.17, 15) is 28.2 Å². The number of amides is 1. The third kappa shape index (κ3) is 18.2. The molecule has 3 unspecified atom stereocenters. The fourth-order valence-corrected chi connectivity index (χ4v) is 7.78. The Labute approximate surface area is 346 Å². The van der Waals surface area contributed by atoms with Gasteiger partial charge < -0.3 is 54.2 Å². The Bertz CT molecular complexity index is 1590. The number of likely N-dealkylation sites (N-methyl/N-ethyl adjacent to an activating group) is 2. The van der Waals surface area contributed by atoms with Crippen molar-refractivity contribution in [2.45, 2.75) is 48.8 Å². The molecule has 2 aromatic carbocycles. The molecule has 1 heterocycles. The van der Waals surface area contributed by atoms with Gasteiger partial charge in [0.1, 0.15) is 6.10 Å². The molecule has 1 aliphatic rings. The third-order valence-corrected chi connectivity index (χ3v) is 11.3. The van der Waals surface area contributed by atoms with Crippen molar-refractivity contribution in [1.82, 2.24) is 15.5 Å². The molecule has 0 saturated heterocycles. The fourth-order valence-electron chi connectivity index (χ4n) is 5.93. The summed E-state index contributed by atoms with van der Waals surface area (Å²) in [5, 5.41) is 26.7. The van der Waals surface area contributed by atoms with E-state index in [1.165, 1.54) is 0 Å². The molecule has 0 aliphatic carbocycles. The number of benzene rings is 2. The number of hydrogen-bond donors (Lipinski definition) is 4. The average Bonchev–Trinajstić information content (AvgIpc) is 3.19. The highest BCUT2D eigenvalue weighted by Crippen LogP contribution is 2.38. The van der Waals surface area contributed by atoms with Crippen molar-refractivity contribution in [3.8, 4) is 0 Å². The third-order valence-electron chi connectivity index (χ3n) is 8.98. The molecular weight excluding hydrogens is 805 g/mol. The standard InChI is InChI=1S/C39H59Cl2N3O12S/c1-42-10-14-53-18-22-56-23-19-54-15-11-43-39(48)38(47)37(46)36(45)5-3-12-51-16-20-55-21-17-52-13-4-24-57(49,50)31-8-6-29(7-9-31)33-27-44(2)28-34-32(33)25-30(40)26-35(34)41/h6-9,25-26,33,37-38,42,46-47H,3-5,10-24,27-28H2,1-2H3,(H,43,48). The van der Waals surface area contributed by atoms with Gasteiger partial charge in [0, 0.05) is 61.8 Å². The van der Waals surface area contributed by atoms with Gasteiger partial charge in [-0.1, -0.05) is 35.3 Å². The summed E-state index contributed by atoms with van der Waals surface area (Å²) < 4.78 is 58.4. The number of ketones is 1. The number of rotatable bonds is 31. The van der Waals surface area contributed by atoms with Crippen molar-refractivity contribution >= 4 is 44.7 Å². The molecule has 1 aliphatic heterocycles. The van der Waals surface area contributed by atoms with E-state index in [4.69, 9.17) is 51.6 Å². The molecule has 0 fully saturated rings. The maximum atomic E-state index is 13.0. The Morgan fingerprint density at radius 3 is 1.93 bits per heavy atom. The lowest BCUT2D eigenvalue weighted by molar-refractivity contribution is -0.145. The largest absolute Gasteiger partial charge is 0.382 e. The van der Waals surface area contributed by atoms with Gasteiger partial charge in [0.25, 0.3) is 5.91 Å². The molecule has 15 nitrogen and oxygen atoms in total. The van der Waals surface area contributed by atoms with Gasteiger partial charge in [0.15, 0.2) is 21.7 Å². The summed E-state index contributed by atoms with van der Waals surface area (Å²) in [5.41, 5.74) is 3.09. The maximum absolute atomic E-state index is 13.0. The van der Waals surface area contributed by atoms with E-state index < -0.39 is 33.7 Å². The van der Waals surface area contributed by atoms with Crippen LogP contribution in [0.1, 0.15) is 41.9 Å². The molecule has 0 radical (unpaired) electrons. The van der Waals surface area contributed by atoms with Crippen LogP contribution in [0.2, 0.25) is 10.0 Å². The van der Waals surface area contributed by atoms with E-state index >= 15 is 0 Å². The summed E-state index contributed by atoms with van der Waals surface area (Å²) in [6.45, 7) is 6.37. The van der Waals surface area contributed by atoms with Gasteiger partial charge in [0.2, 0.25) is 0 Å². The summed E-state index contributed by atoms with van der Waals surface area (Å²) in [6.07, 6.45) is -3.20. The van der Waals surface area contributed by atoms with Crippen molar-refractivity contribution in [2.75, 3.05) is 119 Å². The molecule has 3 atom stereocenters. The molecule has 0 bridgehead atoms. The number of sulfone groups is 1. The number of aliphatic hydroxyl groups is 2. The highest BCUT2D eigenvalue weighted by Gasteiger charge is 2.30. The number of hydrogen-bond acceptors (Lipinski definition) is 14. The Kier molecular flexibility index (Phi) is 23.6. The molecule has 57 heavy (non-hydrogen) atoms. The molecular formula is C39H59Cl2N3O12S. The predicted octanol–water partition coefficient (Wildman–Crippen LogP) is 2.24.